The number of methoxy groups -OCH3 is 2. The Bertz CT molecular complexity index is 903. The lowest BCUT2D eigenvalue weighted by atomic mass is 9.84. The summed E-state index contributed by atoms with van der Waals surface area (Å²) in [6.07, 6.45) is 5.19. The second-order valence-electron chi connectivity index (χ2n) is 10.1. The Morgan fingerprint density at radius 1 is 1.03 bits per heavy atom. The molecule has 182 valence electrons. The van der Waals surface area contributed by atoms with Gasteiger partial charge in [-0.2, -0.15) is 0 Å². The average Bonchev–Trinajstić information content (AvgIpc) is 3.31. The minimum absolute atomic E-state index is 0. The standard InChI is InChI=1S/C28H40N2O3.H2/c1-28(2,3)23-12-10-21(11-13-23)22(9-8-18-30-16-6-7-17-30)19-27(31)29-24-14-15-25(32-4)26(20-24)33-5;/h10-15,20,22H,6-9,16-19H2,1-5H3,(H,29,31);1H. The van der Waals surface area contributed by atoms with Gasteiger partial charge in [-0.3, -0.25) is 4.79 Å². The number of carbonyl (C=O) groups excluding carboxylic acids is 1. The van der Waals surface area contributed by atoms with Crippen LogP contribution in [-0.4, -0.2) is 44.7 Å². The lowest BCUT2D eigenvalue weighted by Crippen LogP contribution is -2.22. The first kappa shape index (κ1) is 25.1. The number of anilines is 1. The third-order valence-corrected chi connectivity index (χ3v) is 6.57. The first-order valence-corrected chi connectivity index (χ1v) is 12.1. The van der Waals surface area contributed by atoms with Gasteiger partial charge in [0.25, 0.3) is 0 Å². The van der Waals surface area contributed by atoms with E-state index in [4.69, 9.17) is 9.47 Å². The summed E-state index contributed by atoms with van der Waals surface area (Å²) >= 11 is 0. The molecule has 0 radical (unpaired) electrons. The zero-order valence-electron chi connectivity index (χ0n) is 20.9. The second-order valence-corrected chi connectivity index (χ2v) is 10.1. The van der Waals surface area contributed by atoms with Crippen LogP contribution in [0.5, 0.6) is 11.5 Å². The van der Waals surface area contributed by atoms with E-state index in [0.717, 1.165) is 25.1 Å². The predicted molar refractivity (Wildman–Crippen MR) is 138 cm³/mol. The van der Waals surface area contributed by atoms with Gasteiger partial charge in [0.05, 0.1) is 14.2 Å². The smallest absolute Gasteiger partial charge is 0.224 e. The molecule has 33 heavy (non-hydrogen) atoms. The quantitative estimate of drug-likeness (QED) is 0.462. The van der Waals surface area contributed by atoms with Crippen LogP contribution in [0.3, 0.4) is 0 Å². The molecule has 2 aromatic rings. The van der Waals surface area contributed by atoms with Crippen LogP contribution in [-0.2, 0) is 10.2 Å². The summed E-state index contributed by atoms with van der Waals surface area (Å²) in [4.78, 5) is 15.5. The van der Waals surface area contributed by atoms with Crippen molar-refractivity contribution in [3.8, 4) is 11.5 Å². The lowest BCUT2D eigenvalue weighted by molar-refractivity contribution is -0.116. The van der Waals surface area contributed by atoms with Crippen LogP contribution in [0, 0.1) is 0 Å². The molecule has 0 bridgehead atoms. The fraction of sp³-hybridized carbons (Fsp3) is 0.536. The molecule has 1 aliphatic rings. The number of amides is 1. The van der Waals surface area contributed by atoms with Crippen LogP contribution in [0.4, 0.5) is 5.69 Å². The van der Waals surface area contributed by atoms with E-state index in [1.807, 2.05) is 12.1 Å². The molecule has 0 aromatic heterocycles. The summed E-state index contributed by atoms with van der Waals surface area (Å²) in [5.74, 6) is 1.47. The number of nitrogens with zero attached hydrogens (tertiary/aromatic N) is 1. The Balaban J connectivity index is 0.00000408. The maximum atomic E-state index is 13.0. The van der Waals surface area contributed by atoms with Gasteiger partial charge in [0.1, 0.15) is 0 Å². The van der Waals surface area contributed by atoms with Crippen LogP contribution in [0.15, 0.2) is 42.5 Å². The Kier molecular flexibility index (Phi) is 8.79. The summed E-state index contributed by atoms with van der Waals surface area (Å²) in [7, 11) is 3.20. The van der Waals surface area contributed by atoms with Crippen molar-refractivity contribution in [2.75, 3.05) is 39.2 Å². The van der Waals surface area contributed by atoms with Gasteiger partial charge in [-0.15, -0.1) is 0 Å². The second kappa shape index (κ2) is 11.6. The van der Waals surface area contributed by atoms with Crippen molar-refractivity contribution < 1.29 is 15.7 Å². The third-order valence-electron chi connectivity index (χ3n) is 6.57. The molecule has 3 rings (SSSR count). The van der Waals surface area contributed by atoms with Crippen LogP contribution < -0.4 is 14.8 Å². The number of ether oxygens (including phenoxy) is 2. The summed E-state index contributed by atoms with van der Waals surface area (Å²) in [6, 6.07) is 14.3. The number of rotatable bonds is 10. The lowest BCUT2D eigenvalue weighted by Gasteiger charge is -2.22. The molecule has 1 unspecified atom stereocenters. The fourth-order valence-corrected chi connectivity index (χ4v) is 4.56. The van der Waals surface area contributed by atoms with E-state index in [2.05, 4.69) is 55.3 Å². The Morgan fingerprint density at radius 2 is 1.70 bits per heavy atom. The molecule has 5 heteroatoms. The molecular formula is C28H42N2O3. The molecule has 0 spiro atoms. The first-order chi connectivity index (χ1) is 15.8. The van der Waals surface area contributed by atoms with E-state index >= 15 is 0 Å². The van der Waals surface area contributed by atoms with E-state index in [1.165, 1.54) is 37.1 Å². The molecule has 0 saturated carbocycles. The van der Waals surface area contributed by atoms with Crippen molar-refractivity contribution in [2.45, 2.75) is 64.2 Å². The van der Waals surface area contributed by atoms with Gasteiger partial charge < -0.3 is 19.7 Å². The van der Waals surface area contributed by atoms with E-state index in [-0.39, 0.29) is 18.7 Å². The number of hydrogen-bond donors (Lipinski definition) is 1. The molecule has 1 heterocycles. The van der Waals surface area contributed by atoms with Crippen LogP contribution >= 0.6 is 0 Å². The van der Waals surface area contributed by atoms with Gasteiger partial charge >= 0.3 is 0 Å². The number of hydrogen-bond acceptors (Lipinski definition) is 4. The molecular weight excluding hydrogens is 412 g/mol. The third kappa shape index (κ3) is 7.23. The fourth-order valence-electron chi connectivity index (χ4n) is 4.56. The van der Waals surface area contributed by atoms with Gasteiger partial charge in [-0.1, -0.05) is 45.0 Å². The molecule has 1 saturated heterocycles. The van der Waals surface area contributed by atoms with Crippen LogP contribution in [0.1, 0.15) is 71.3 Å². The largest absolute Gasteiger partial charge is 0.493 e. The topological polar surface area (TPSA) is 50.8 Å². The molecule has 1 amide bonds. The average molecular weight is 455 g/mol. The summed E-state index contributed by atoms with van der Waals surface area (Å²) in [6.45, 7) is 10.2. The summed E-state index contributed by atoms with van der Waals surface area (Å²) in [5.41, 5.74) is 3.40. The minimum atomic E-state index is 0. The van der Waals surface area contributed by atoms with Gasteiger partial charge in [-0.25, -0.2) is 0 Å². The van der Waals surface area contributed by atoms with Gasteiger partial charge in [0.2, 0.25) is 5.91 Å². The van der Waals surface area contributed by atoms with Gasteiger partial charge in [0, 0.05) is 19.6 Å². The molecule has 1 atom stereocenters. The van der Waals surface area contributed by atoms with Crippen molar-refractivity contribution in [2.24, 2.45) is 0 Å². The molecule has 2 aromatic carbocycles. The van der Waals surface area contributed by atoms with Crippen LogP contribution in [0.25, 0.3) is 0 Å². The molecule has 1 aliphatic heterocycles. The SMILES string of the molecule is COc1ccc(NC(=O)CC(CCCN2CCCC2)c2ccc(C(C)(C)C)cc2)cc1OC.[HH]. The predicted octanol–water partition coefficient (Wildman–Crippen LogP) is 6.24. The number of nitrogens with one attached hydrogen (secondary N) is 1. The zero-order chi connectivity index (χ0) is 23.8. The van der Waals surface area contributed by atoms with Crippen molar-refractivity contribution >= 4 is 11.6 Å². The van der Waals surface area contributed by atoms with Gasteiger partial charge in [-0.05, 0) is 79.9 Å². The number of carbonyl (C=O) groups is 1. The van der Waals surface area contributed by atoms with Crippen LogP contribution in [0.2, 0.25) is 0 Å². The molecule has 1 N–H and O–H groups in total. The number of benzene rings is 2. The Labute approximate surface area is 201 Å². The van der Waals surface area contributed by atoms with E-state index in [1.54, 1.807) is 20.3 Å². The highest BCUT2D eigenvalue weighted by molar-refractivity contribution is 5.91. The normalized spacial score (nSPS) is 15.3. The zero-order valence-corrected chi connectivity index (χ0v) is 20.9. The van der Waals surface area contributed by atoms with Crippen molar-refractivity contribution in [1.82, 2.24) is 4.90 Å². The van der Waals surface area contributed by atoms with E-state index < -0.39 is 0 Å². The minimum Gasteiger partial charge on any atom is -0.493 e. The molecule has 5 nitrogen and oxygen atoms in total. The summed E-state index contributed by atoms with van der Waals surface area (Å²) < 4.78 is 10.7. The van der Waals surface area contributed by atoms with Crippen molar-refractivity contribution in [3.63, 3.8) is 0 Å². The highest BCUT2D eigenvalue weighted by Gasteiger charge is 2.20. The van der Waals surface area contributed by atoms with Crippen molar-refractivity contribution in [3.05, 3.63) is 53.6 Å². The highest BCUT2D eigenvalue weighted by atomic mass is 16.5. The first-order valence-electron chi connectivity index (χ1n) is 12.1. The highest BCUT2D eigenvalue weighted by Crippen LogP contribution is 2.32. The van der Waals surface area contributed by atoms with Crippen molar-refractivity contribution in [1.29, 1.82) is 0 Å². The van der Waals surface area contributed by atoms with E-state index in [0.29, 0.717) is 17.9 Å². The Hall–Kier alpha value is -2.53. The molecule has 0 aliphatic carbocycles. The van der Waals surface area contributed by atoms with Gasteiger partial charge in [0.15, 0.2) is 11.5 Å². The maximum absolute atomic E-state index is 13.0. The maximum Gasteiger partial charge on any atom is 0.224 e. The number of likely N-dealkylation sites (tertiary alicyclic amines) is 1. The monoisotopic (exact) mass is 454 g/mol. The summed E-state index contributed by atoms with van der Waals surface area (Å²) in [5, 5.41) is 3.05. The Morgan fingerprint density at radius 3 is 2.30 bits per heavy atom. The molecule has 1 fully saturated rings. The van der Waals surface area contributed by atoms with E-state index in [9.17, 15) is 4.79 Å².